The van der Waals surface area contributed by atoms with Gasteiger partial charge in [-0.25, -0.2) is 14.4 Å². The molecule has 148 valence electrons. The Balaban J connectivity index is 1.72. The average Bonchev–Trinajstić information content (AvgIpc) is 3.08. The molecule has 1 aliphatic heterocycles. The Kier molecular flexibility index (Phi) is 4.29. The molecule has 0 unspecified atom stereocenters. The lowest BCUT2D eigenvalue weighted by atomic mass is 10.2. The van der Waals surface area contributed by atoms with E-state index in [1.807, 2.05) is 0 Å². The molecule has 1 aliphatic rings. The second-order valence-corrected chi connectivity index (χ2v) is 6.81. The van der Waals surface area contributed by atoms with Crippen molar-refractivity contribution in [3.8, 4) is 11.4 Å². The van der Waals surface area contributed by atoms with Crippen LogP contribution in [0.25, 0.3) is 27.9 Å². The summed E-state index contributed by atoms with van der Waals surface area (Å²) < 4.78 is 14.8. The predicted molar refractivity (Wildman–Crippen MR) is 111 cm³/mol. The maximum absolute atomic E-state index is 13.3. The summed E-state index contributed by atoms with van der Waals surface area (Å²) in [6, 6.07) is 11.2. The molecule has 0 saturated heterocycles. The van der Waals surface area contributed by atoms with Crippen LogP contribution in [0, 0.1) is 5.82 Å². The maximum Gasteiger partial charge on any atom is 0.273 e. The van der Waals surface area contributed by atoms with Crippen LogP contribution in [0.3, 0.4) is 0 Å². The van der Waals surface area contributed by atoms with Crippen molar-refractivity contribution in [2.75, 3.05) is 5.32 Å². The lowest BCUT2D eigenvalue weighted by molar-refractivity contribution is -0.116. The molecule has 0 atom stereocenters. The summed E-state index contributed by atoms with van der Waals surface area (Å²) in [5.41, 5.74) is 1.89. The molecule has 4 aromatic rings. The second kappa shape index (κ2) is 7.12. The van der Waals surface area contributed by atoms with Gasteiger partial charge in [0.15, 0.2) is 11.5 Å². The lowest BCUT2D eigenvalue weighted by Gasteiger charge is -2.11. The van der Waals surface area contributed by atoms with E-state index in [-0.39, 0.29) is 23.4 Å². The number of nitrogens with one attached hydrogen (secondary N) is 3. The van der Waals surface area contributed by atoms with Crippen molar-refractivity contribution < 1.29 is 9.18 Å². The van der Waals surface area contributed by atoms with Crippen molar-refractivity contribution in [1.82, 2.24) is 30.2 Å². The van der Waals surface area contributed by atoms with Crippen LogP contribution in [0.15, 0.2) is 66.8 Å². The first kappa shape index (κ1) is 18.1. The molecule has 10 heteroatoms. The van der Waals surface area contributed by atoms with Crippen LogP contribution in [0.2, 0.25) is 5.02 Å². The number of carbonyl (C=O) groups excluding carboxylic acids is 1. The topological polar surface area (TPSA) is 96.2 Å². The number of benzene rings is 2. The van der Waals surface area contributed by atoms with Gasteiger partial charge in [-0.05, 0) is 36.4 Å². The summed E-state index contributed by atoms with van der Waals surface area (Å²) >= 11 is 6.42. The van der Waals surface area contributed by atoms with Gasteiger partial charge in [0, 0.05) is 24.2 Å². The van der Waals surface area contributed by atoms with Crippen molar-refractivity contribution in [2.24, 2.45) is 0 Å². The summed E-state index contributed by atoms with van der Waals surface area (Å²) in [5.74, 6) is -0.0687. The summed E-state index contributed by atoms with van der Waals surface area (Å²) in [6.07, 6.45) is 4.57. The number of nitrogens with zero attached hydrogens (tertiary/aromatic N) is 4. The van der Waals surface area contributed by atoms with Gasteiger partial charge in [0.2, 0.25) is 5.95 Å². The fourth-order valence-corrected chi connectivity index (χ4v) is 3.32. The number of amides is 1. The maximum atomic E-state index is 13.3. The molecular weight excluding hydrogens is 409 g/mol. The number of hydrogen-bond acceptors (Lipinski definition) is 6. The zero-order valence-corrected chi connectivity index (χ0v) is 16.0. The molecule has 5 rings (SSSR count). The number of halogens is 2. The van der Waals surface area contributed by atoms with Crippen LogP contribution >= 0.6 is 11.6 Å². The van der Waals surface area contributed by atoms with E-state index in [4.69, 9.17) is 11.6 Å². The van der Waals surface area contributed by atoms with Gasteiger partial charge in [-0.1, -0.05) is 17.7 Å². The van der Waals surface area contributed by atoms with Gasteiger partial charge >= 0.3 is 0 Å². The molecular formula is C20H13ClFN7O. The molecule has 0 saturated carbocycles. The Morgan fingerprint density at radius 2 is 1.90 bits per heavy atom. The van der Waals surface area contributed by atoms with Gasteiger partial charge in [-0.2, -0.15) is 4.52 Å². The fraction of sp³-hybridized carbons (Fsp3) is 0. The second-order valence-electron chi connectivity index (χ2n) is 6.40. The Hall–Kier alpha value is -3.98. The molecule has 30 heavy (non-hydrogen) atoms. The standard InChI is InChI=1S/C20H13ClFN7O/c21-13-2-1-3-14-16(13)18-27-17(11-4-6-12(22)7-5-11)28-29(18)20(25-14)26-15-10-23-8-9-24-19(15)30/h1-10,23H,(H,24,30)(H,25,26). The number of anilines is 1. The minimum Gasteiger partial charge on any atom is -0.364 e. The molecule has 0 bridgehead atoms. The molecule has 3 N–H and O–H groups in total. The smallest absolute Gasteiger partial charge is 0.273 e. The number of fused-ring (bicyclic) bond motifs is 3. The zero-order chi connectivity index (χ0) is 20.7. The molecule has 1 amide bonds. The van der Waals surface area contributed by atoms with E-state index in [0.29, 0.717) is 33.0 Å². The molecule has 0 fully saturated rings. The molecule has 2 aromatic heterocycles. The first-order chi connectivity index (χ1) is 14.6. The summed E-state index contributed by atoms with van der Waals surface area (Å²) in [4.78, 5) is 21.5. The first-order valence-electron chi connectivity index (χ1n) is 8.90. The third-order valence-corrected chi connectivity index (χ3v) is 4.78. The first-order valence-corrected chi connectivity index (χ1v) is 9.28. The van der Waals surface area contributed by atoms with Gasteiger partial charge in [0.25, 0.3) is 5.91 Å². The Labute approximate surface area is 174 Å². The van der Waals surface area contributed by atoms with E-state index in [2.05, 4.69) is 31.0 Å². The van der Waals surface area contributed by atoms with Crippen LogP contribution in [-0.2, 0) is 4.79 Å². The fourth-order valence-electron chi connectivity index (χ4n) is 3.07. The normalized spacial score (nSPS) is 13.7. The number of aromatic nitrogens is 4. The van der Waals surface area contributed by atoms with Crippen molar-refractivity contribution in [3.05, 3.63) is 77.6 Å². The quantitative estimate of drug-likeness (QED) is 0.470. The van der Waals surface area contributed by atoms with Crippen LogP contribution in [0.5, 0.6) is 0 Å². The molecule has 0 spiro atoms. The summed E-state index contributed by atoms with van der Waals surface area (Å²) in [7, 11) is 0. The molecule has 0 aliphatic carbocycles. The van der Waals surface area contributed by atoms with Crippen molar-refractivity contribution in [3.63, 3.8) is 0 Å². The van der Waals surface area contributed by atoms with Gasteiger partial charge in [-0.15, -0.1) is 5.10 Å². The highest BCUT2D eigenvalue weighted by molar-refractivity contribution is 6.36. The van der Waals surface area contributed by atoms with Gasteiger partial charge in [-0.3, -0.25) is 4.79 Å². The van der Waals surface area contributed by atoms with Crippen molar-refractivity contribution in [2.45, 2.75) is 0 Å². The van der Waals surface area contributed by atoms with Crippen LogP contribution in [0.1, 0.15) is 0 Å². The minimum absolute atomic E-state index is 0.231. The third kappa shape index (κ3) is 3.11. The highest BCUT2D eigenvalue weighted by atomic mass is 35.5. The Bertz CT molecular complexity index is 1360. The lowest BCUT2D eigenvalue weighted by Crippen LogP contribution is -2.24. The highest BCUT2D eigenvalue weighted by Gasteiger charge is 2.19. The third-order valence-electron chi connectivity index (χ3n) is 4.46. The average molecular weight is 422 g/mol. The van der Waals surface area contributed by atoms with Gasteiger partial charge in [0.05, 0.1) is 15.9 Å². The van der Waals surface area contributed by atoms with Gasteiger partial charge < -0.3 is 16.0 Å². The van der Waals surface area contributed by atoms with Crippen molar-refractivity contribution >= 4 is 40.0 Å². The van der Waals surface area contributed by atoms with E-state index in [1.165, 1.54) is 29.0 Å². The molecule has 8 nitrogen and oxygen atoms in total. The van der Waals surface area contributed by atoms with E-state index in [0.717, 1.165) is 0 Å². The minimum atomic E-state index is -0.354. The predicted octanol–water partition coefficient (Wildman–Crippen LogP) is 3.18. The van der Waals surface area contributed by atoms with Crippen LogP contribution < -0.4 is 16.0 Å². The van der Waals surface area contributed by atoms with E-state index >= 15 is 0 Å². The Morgan fingerprint density at radius 3 is 2.73 bits per heavy atom. The summed E-state index contributed by atoms with van der Waals surface area (Å²) in [6.45, 7) is 0. The monoisotopic (exact) mass is 421 g/mol. The van der Waals surface area contributed by atoms with Gasteiger partial charge in [0.1, 0.15) is 11.5 Å². The number of hydrogen-bond donors (Lipinski definition) is 3. The molecule has 0 radical (unpaired) electrons. The summed E-state index contributed by atoms with van der Waals surface area (Å²) in [5, 5.41) is 14.1. The van der Waals surface area contributed by atoms with Crippen molar-refractivity contribution in [1.29, 1.82) is 0 Å². The number of rotatable bonds is 3. The van der Waals surface area contributed by atoms with E-state index < -0.39 is 0 Å². The number of carbonyl (C=O) groups is 1. The Morgan fingerprint density at radius 1 is 1.07 bits per heavy atom. The van der Waals surface area contributed by atoms with E-state index in [9.17, 15) is 9.18 Å². The zero-order valence-electron chi connectivity index (χ0n) is 15.2. The molecule has 2 aromatic carbocycles. The highest BCUT2D eigenvalue weighted by Crippen LogP contribution is 2.29. The van der Waals surface area contributed by atoms with E-state index in [1.54, 1.807) is 36.5 Å². The van der Waals surface area contributed by atoms with Crippen LogP contribution in [0.4, 0.5) is 10.3 Å². The molecule has 3 heterocycles. The SMILES string of the molecule is O=C1NC=CNC=C1Nc1nc2cccc(Cl)c2c2nc(-c3ccc(F)cc3)nn12. The van der Waals surface area contributed by atoms with Crippen LogP contribution in [-0.4, -0.2) is 25.5 Å². The largest absolute Gasteiger partial charge is 0.364 e.